The molecule has 1 saturated heterocycles. The van der Waals surface area contributed by atoms with Gasteiger partial charge in [-0.3, -0.25) is 4.79 Å². The van der Waals surface area contributed by atoms with E-state index in [-0.39, 0.29) is 23.2 Å². The molecule has 0 radical (unpaired) electrons. The zero-order chi connectivity index (χ0) is 29.7. The molecule has 9 heteroatoms. The van der Waals surface area contributed by atoms with Gasteiger partial charge in [-0.25, -0.2) is 14.0 Å². The quantitative estimate of drug-likeness (QED) is 0.357. The fraction of sp³-hybridized carbons (Fsp3) is 0.281. The van der Waals surface area contributed by atoms with Crippen LogP contribution in [-0.4, -0.2) is 64.5 Å². The van der Waals surface area contributed by atoms with E-state index in [4.69, 9.17) is 21.8 Å². The van der Waals surface area contributed by atoms with Crippen molar-refractivity contribution in [3.63, 3.8) is 0 Å². The van der Waals surface area contributed by atoms with Gasteiger partial charge in [0, 0.05) is 34.7 Å². The molecule has 7 nitrogen and oxygen atoms in total. The molecule has 0 aliphatic carbocycles. The third-order valence-corrected chi connectivity index (χ3v) is 8.10. The van der Waals surface area contributed by atoms with E-state index in [1.807, 2.05) is 41.3 Å². The lowest BCUT2D eigenvalue weighted by Crippen LogP contribution is -2.45. The highest BCUT2D eigenvalue weighted by molar-refractivity contribution is 6.31. The van der Waals surface area contributed by atoms with Gasteiger partial charge in [-0.2, -0.15) is 0 Å². The second kappa shape index (κ2) is 12.7. The highest BCUT2D eigenvalue weighted by Crippen LogP contribution is 2.45. The van der Waals surface area contributed by atoms with Crippen molar-refractivity contribution in [3.8, 4) is 0 Å². The predicted octanol–water partition coefficient (Wildman–Crippen LogP) is 5.84. The van der Waals surface area contributed by atoms with Crippen molar-refractivity contribution in [1.82, 2.24) is 9.80 Å². The Morgan fingerprint density at radius 3 is 2.22 bits per heavy atom. The minimum Gasteiger partial charge on any atom is -0.478 e. The Labute approximate surface area is 243 Å². The van der Waals surface area contributed by atoms with Gasteiger partial charge >= 0.3 is 11.9 Å². The average Bonchev–Trinajstić information content (AvgIpc) is 3.34. The van der Waals surface area contributed by atoms with Crippen molar-refractivity contribution in [2.24, 2.45) is 0 Å². The molecule has 2 aliphatic heterocycles. The molecule has 3 aromatic carbocycles. The van der Waals surface area contributed by atoms with Crippen LogP contribution in [0.3, 0.4) is 0 Å². The number of carboxylic acids is 2. The smallest absolute Gasteiger partial charge is 0.328 e. The highest BCUT2D eigenvalue weighted by Gasteiger charge is 2.45. The molecule has 41 heavy (non-hydrogen) atoms. The summed E-state index contributed by atoms with van der Waals surface area (Å²) >= 11 is 6.44. The van der Waals surface area contributed by atoms with E-state index in [1.165, 1.54) is 12.1 Å². The average molecular weight is 579 g/mol. The number of aliphatic carboxylic acids is 2. The number of nitrogens with zero attached hydrogens (tertiary/aromatic N) is 2. The maximum absolute atomic E-state index is 13.9. The molecule has 1 fully saturated rings. The van der Waals surface area contributed by atoms with Gasteiger partial charge in [0.15, 0.2) is 0 Å². The van der Waals surface area contributed by atoms with Crippen LogP contribution in [0.1, 0.15) is 36.9 Å². The van der Waals surface area contributed by atoms with E-state index in [0.717, 1.165) is 53.4 Å². The Balaban J connectivity index is 0.000000426. The zero-order valence-corrected chi connectivity index (χ0v) is 23.6. The molecule has 214 valence electrons. The molecule has 0 aromatic heterocycles. The van der Waals surface area contributed by atoms with Crippen LogP contribution >= 0.6 is 11.6 Å². The second-order valence-electron chi connectivity index (χ2n) is 10.4. The molecule has 1 amide bonds. The number of carbonyl (C=O) groups is 3. The molecule has 5 rings (SSSR count). The van der Waals surface area contributed by atoms with Crippen molar-refractivity contribution in [2.75, 3.05) is 26.7 Å². The van der Waals surface area contributed by atoms with Gasteiger partial charge in [-0.1, -0.05) is 54.1 Å². The molecule has 0 spiro atoms. The van der Waals surface area contributed by atoms with E-state index in [1.54, 1.807) is 0 Å². The van der Waals surface area contributed by atoms with Gasteiger partial charge < -0.3 is 20.0 Å². The van der Waals surface area contributed by atoms with Crippen LogP contribution in [0.15, 0.2) is 84.5 Å². The van der Waals surface area contributed by atoms with Crippen molar-refractivity contribution in [1.29, 1.82) is 0 Å². The van der Waals surface area contributed by atoms with Crippen molar-refractivity contribution >= 4 is 40.2 Å². The Morgan fingerprint density at radius 2 is 1.61 bits per heavy atom. The number of amides is 1. The summed E-state index contributed by atoms with van der Waals surface area (Å²) in [4.78, 5) is 37.2. The maximum Gasteiger partial charge on any atom is 0.328 e. The Morgan fingerprint density at radius 1 is 1.00 bits per heavy atom. The maximum atomic E-state index is 13.9. The summed E-state index contributed by atoms with van der Waals surface area (Å²) in [7, 11) is 2.11. The number of piperidine rings is 1. The Bertz CT molecular complexity index is 1490. The van der Waals surface area contributed by atoms with Crippen molar-refractivity contribution < 1.29 is 29.0 Å². The minimum atomic E-state index is -1.26. The molecule has 3 aromatic rings. The summed E-state index contributed by atoms with van der Waals surface area (Å²) in [5.74, 6) is -2.70. The molecular formula is C32H32ClFN2O5. The lowest BCUT2D eigenvalue weighted by molar-refractivity contribution is -0.134. The van der Waals surface area contributed by atoms with Gasteiger partial charge in [-0.05, 0) is 86.1 Å². The second-order valence-corrected chi connectivity index (χ2v) is 10.8. The highest BCUT2D eigenvalue weighted by atomic mass is 35.5. The largest absolute Gasteiger partial charge is 0.478 e. The lowest BCUT2D eigenvalue weighted by atomic mass is 9.67. The van der Waals surface area contributed by atoms with Crippen LogP contribution in [0.25, 0.3) is 10.8 Å². The molecule has 2 N–H and O–H groups in total. The summed E-state index contributed by atoms with van der Waals surface area (Å²) in [6.07, 6.45) is 4.90. The number of hydrogen-bond donors (Lipinski definition) is 2. The first-order chi connectivity index (χ1) is 19.5. The SMILES string of the molecule is C[C@H](c1cc(Cl)cc2ccccc12)N1CC=C(C2(c3ccc(F)cc3)CCN(C)CC2)C1=O.O=C(O)/C=C/C(=O)O. The standard InChI is InChI=1S/C28H28ClFN2O.C4H4O4/c1-19(25-18-22(29)17-20-5-3-4-6-24(20)25)32-14-11-26(27(32)33)28(12-15-31(2)16-13-28)21-7-9-23(30)10-8-21;5-3(6)1-2-4(7)8/h3-11,17-19H,12-16H2,1-2H3;1-2H,(H,5,6)(H,7,8)/b;2-1+/t19-;/m1./s1. The van der Waals surface area contributed by atoms with Gasteiger partial charge in [0.1, 0.15) is 5.82 Å². The number of fused-ring (bicyclic) bond motifs is 1. The predicted molar refractivity (Wildman–Crippen MR) is 156 cm³/mol. The van der Waals surface area contributed by atoms with Crippen LogP contribution in [0, 0.1) is 5.82 Å². The topological polar surface area (TPSA) is 98.2 Å². The fourth-order valence-corrected chi connectivity index (χ4v) is 5.92. The van der Waals surface area contributed by atoms with Crippen LogP contribution in [0.2, 0.25) is 5.02 Å². The molecular weight excluding hydrogens is 547 g/mol. The van der Waals surface area contributed by atoms with E-state index in [9.17, 15) is 18.8 Å². The number of likely N-dealkylation sites (tertiary alicyclic amines) is 1. The summed E-state index contributed by atoms with van der Waals surface area (Å²) in [5.41, 5.74) is 2.54. The van der Waals surface area contributed by atoms with E-state index in [2.05, 4.69) is 37.1 Å². The lowest BCUT2D eigenvalue weighted by Gasteiger charge is -2.42. The number of rotatable bonds is 6. The van der Waals surface area contributed by atoms with Gasteiger partial charge in [0.05, 0.1) is 6.04 Å². The zero-order valence-electron chi connectivity index (χ0n) is 22.9. The van der Waals surface area contributed by atoms with Crippen molar-refractivity contribution in [2.45, 2.75) is 31.2 Å². The number of hydrogen-bond acceptors (Lipinski definition) is 4. The summed E-state index contributed by atoms with van der Waals surface area (Å²) in [5, 5.41) is 18.5. The molecule has 1 atom stereocenters. The number of carboxylic acid groups (broad SMARTS) is 2. The van der Waals surface area contributed by atoms with Crippen molar-refractivity contribution in [3.05, 3.63) is 106 Å². The van der Waals surface area contributed by atoms with E-state index >= 15 is 0 Å². The van der Waals surface area contributed by atoms with Gasteiger partial charge in [-0.15, -0.1) is 0 Å². The Kier molecular flexibility index (Phi) is 9.25. The molecule has 2 heterocycles. The minimum absolute atomic E-state index is 0.0698. The van der Waals surface area contributed by atoms with Crippen LogP contribution < -0.4 is 0 Å². The first kappa shape index (κ1) is 30.0. The first-order valence-corrected chi connectivity index (χ1v) is 13.7. The first-order valence-electron chi connectivity index (χ1n) is 13.3. The van der Waals surface area contributed by atoms with Crippen LogP contribution in [0.5, 0.6) is 0 Å². The molecule has 0 unspecified atom stereocenters. The summed E-state index contributed by atoms with van der Waals surface area (Å²) in [6, 6.07) is 18.7. The molecule has 0 bridgehead atoms. The third-order valence-electron chi connectivity index (χ3n) is 7.88. The number of halogens is 2. The Hall–Kier alpha value is -4.01. The van der Waals surface area contributed by atoms with Gasteiger partial charge in [0.2, 0.25) is 0 Å². The van der Waals surface area contributed by atoms with Crippen LogP contribution in [0.4, 0.5) is 4.39 Å². The van der Waals surface area contributed by atoms with Crippen LogP contribution in [-0.2, 0) is 19.8 Å². The molecule has 2 aliphatic rings. The monoisotopic (exact) mass is 578 g/mol. The fourth-order valence-electron chi connectivity index (χ4n) is 5.69. The van der Waals surface area contributed by atoms with E-state index < -0.39 is 11.9 Å². The summed E-state index contributed by atoms with van der Waals surface area (Å²) in [6.45, 7) is 4.44. The number of benzene rings is 3. The third kappa shape index (κ3) is 6.66. The molecule has 0 saturated carbocycles. The van der Waals surface area contributed by atoms with E-state index in [0.29, 0.717) is 23.7 Å². The number of carbonyl (C=O) groups excluding carboxylic acids is 1. The normalized spacial score (nSPS) is 17.7. The summed E-state index contributed by atoms with van der Waals surface area (Å²) < 4.78 is 13.7. The van der Waals surface area contributed by atoms with Gasteiger partial charge in [0.25, 0.3) is 5.91 Å².